The predicted octanol–water partition coefficient (Wildman–Crippen LogP) is 1.12. The molecule has 144 valence electrons. The third-order valence-electron chi connectivity index (χ3n) is 4.36. The second-order valence-corrected chi connectivity index (χ2v) is 6.27. The highest BCUT2D eigenvalue weighted by molar-refractivity contribution is 5.98. The van der Waals surface area contributed by atoms with E-state index in [2.05, 4.69) is 41.8 Å². The van der Waals surface area contributed by atoms with Crippen LogP contribution in [0.1, 0.15) is 22.8 Å². The molecule has 0 aliphatic carbocycles. The lowest BCUT2D eigenvalue weighted by atomic mass is 10.0. The Balaban J connectivity index is 2.05. The first-order valence-corrected chi connectivity index (χ1v) is 9.13. The summed E-state index contributed by atoms with van der Waals surface area (Å²) in [7, 11) is 0. The number of rotatable bonds is 10. The van der Waals surface area contributed by atoms with E-state index in [1.165, 1.54) is 5.56 Å². The van der Waals surface area contributed by atoms with Crippen molar-refractivity contribution in [2.24, 2.45) is 5.73 Å². The van der Waals surface area contributed by atoms with Crippen LogP contribution in [0.5, 0.6) is 0 Å². The number of hydrogen-bond acceptors (Lipinski definition) is 5. The van der Waals surface area contributed by atoms with Crippen LogP contribution in [0.3, 0.4) is 0 Å². The van der Waals surface area contributed by atoms with Gasteiger partial charge in [0, 0.05) is 25.2 Å². The number of aryl methyl sites for hydroxylation is 1. The minimum absolute atomic E-state index is 0.226. The van der Waals surface area contributed by atoms with Crippen molar-refractivity contribution in [2.75, 3.05) is 26.2 Å². The molecule has 0 saturated heterocycles. The summed E-state index contributed by atoms with van der Waals surface area (Å²) in [5.41, 5.74) is 9.24. The molecule has 1 atom stereocenters. The summed E-state index contributed by atoms with van der Waals surface area (Å²) < 4.78 is 0. The minimum atomic E-state index is -0.796. The molecule has 0 unspecified atom stereocenters. The Morgan fingerprint density at radius 3 is 2.15 bits per heavy atom. The molecule has 0 radical (unpaired) electrons. The van der Waals surface area contributed by atoms with Gasteiger partial charge in [0.15, 0.2) is 5.78 Å². The van der Waals surface area contributed by atoms with Crippen molar-refractivity contribution in [3.63, 3.8) is 0 Å². The largest absolute Gasteiger partial charge is 0.388 e. The molecule has 0 saturated carbocycles. The maximum Gasteiger partial charge on any atom is 0.251 e. The Morgan fingerprint density at radius 2 is 1.63 bits per heavy atom. The summed E-state index contributed by atoms with van der Waals surface area (Å²) in [6.07, 6.45) is 0.993. The summed E-state index contributed by atoms with van der Waals surface area (Å²) in [5, 5.41) is 14.7. The SMILES string of the molecule is CCc1ccc(-c2ccc(C(=O)N[C@@H](CNCCN)C(=O)CO)cc2)cc1. The zero-order chi connectivity index (χ0) is 19.6. The van der Waals surface area contributed by atoms with Crippen LogP contribution in [-0.4, -0.2) is 49.1 Å². The van der Waals surface area contributed by atoms with Crippen LogP contribution in [0.2, 0.25) is 0 Å². The molecule has 0 aromatic heterocycles. The Hall–Kier alpha value is -2.54. The predicted molar refractivity (Wildman–Crippen MR) is 107 cm³/mol. The van der Waals surface area contributed by atoms with Gasteiger partial charge in [0.25, 0.3) is 5.91 Å². The Bertz CT molecular complexity index is 742. The number of carbonyl (C=O) groups excluding carboxylic acids is 2. The molecular weight excluding hydrogens is 342 g/mol. The molecule has 0 spiro atoms. The van der Waals surface area contributed by atoms with Crippen LogP contribution >= 0.6 is 0 Å². The first kappa shape index (κ1) is 20.8. The van der Waals surface area contributed by atoms with E-state index in [1.54, 1.807) is 12.1 Å². The highest BCUT2D eigenvalue weighted by Gasteiger charge is 2.20. The fourth-order valence-corrected chi connectivity index (χ4v) is 2.69. The smallest absolute Gasteiger partial charge is 0.251 e. The van der Waals surface area contributed by atoms with E-state index in [9.17, 15) is 9.59 Å². The standard InChI is InChI=1S/C21H27N3O3/c1-2-15-3-5-16(6-4-15)17-7-9-18(10-8-17)21(27)24-19(20(26)14-25)13-23-12-11-22/h3-10,19,23,25H,2,11-14,22H2,1H3,(H,24,27)/t19-/m0/s1. The molecular formula is C21H27N3O3. The van der Waals surface area contributed by atoms with Gasteiger partial charge in [-0.3, -0.25) is 9.59 Å². The zero-order valence-electron chi connectivity index (χ0n) is 15.6. The number of amides is 1. The topological polar surface area (TPSA) is 104 Å². The lowest BCUT2D eigenvalue weighted by Crippen LogP contribution is -2.49. The average Bonchev–Trinajstić information content (AvgIpc) is 2.72. The maximum atomic E-state index is 12.4. The van der Waals surface area contributed by atoms with Crippen molar-refractivity contribution in [3.05, 3.63) is 59.7 Å². The van der Waals surface area contributed by atoms with Gasteiger partial charge in [-0.05, 0) is 35.2 Å². The number of Topliss-reactive ketones (excluding diaryl/α,β-unsaturated/α-hetero) is 1. The Morgan fingerprint density at radius 1 is 1.04 bits per heavy atom. The summed E-state index contributed by atoms with van der Waals surface area (Å²) in [5.74, 6) is -0.801. The van der Waals surface area contributed by atoms with E-state index >= 15 is 0 Å². The molecule has 6 nitrogen and oxygen atoms in total. The maximum absolute atomic E-state index is 12.4. The monoisotopic (exact) mass is 369 g/mol. The first-order valence-electron chi connectivity index (χ1n) is 9.13. The van der Waals surface area contributed by atoms with Gasteiger partial charge in [0.1, 0.15) is 12.6 Å². The minimum Gasteiger partial charge on any atom is -0.388 e. The second-order valence-electron chi connectivity index (χ2n) is 6.27. The van der Waals surface area contributed by atoms with E-state index in [0.717, 1.165) is 17.5 Å². The third-order valence-corrected chi connectivity index (χ3v) is 4.36. The molecule has 0 aliphatic heterocycles. The lowest BCUT2D eigenvalue weighted by Gasteiger charge is -2.17. The lowest BCUT2D eigenvalue weighted by molar-refractivity contribution is -0.123. The van der Waals surface area contributed by atoms with Crippen LogP contribution in [0.15, 0.2) is 48.5 Å². The highest BCUT2D eigenvalue weighted by atomic mass is 16.3. The van der Waals surface area contributed by atoms with E-state index in [1.807, 2.05) is 12.1 Å². The fourth-order valence-electron chi connectivity index (χ4n) is 2.69. The number of aliphatic hydroxyl groups is 1. The van der Waals surface area contributed by atoms with Gasteiger partial charge in [0.05, 0.1) is 0 Å². The Kier molecular flexibility index (Phi) is 8.13. The van der Waals surface area contributed by atoms with E-state index < -0.39 is 18.4 Å². The van der Waals surface area contributed by atoms with Crippen LogP contribution < -0.4 is 16.4 Å². The highest BCUT2D eigenvalue weighted by Crippen LogP contribution is 2.20. The van der Waals surface area contributed by atoms with Crippen LogP contribution in [0.4, 0.5) is 0 Å². The van der Waals surface area contributed by atoms with Gasteiger partial charge < -0.3 is 21.5 Å². The second kappa shape index (κ2) is 10.6. The van der Waals surface area contributed by atoms with E-state index in [0.29, 0.717) is 18.7 Å². The van der Waals surface area contributed by atoms with Crippen molar-refractivity contribution < 1.29 is 14.7 Å². The van der Waals surface area contributed by atoms with E-state index in [4.69, 9.17) is 10.8 Å². The van der Waals surface area contributed by atoms with Crippen LogP contribution in [0.25, 0.3) is 11.1 Å². The van der Waals surface area contributed by atoms with Crippen molar-refractivity contribution in [1.82, 2.24) is 10.6 Å². The number of aliphatic hydroxyl groups excluding tert-OH is 1. The number of hydrogen-bond donors (Lipinski definition) is 4. The molecule has 0 fully saturated rings. The average molecular weight is 369 g/mol. The third kappa shape index (κ3) is 5.99. The molecule has 0 bridgehead atoms. The molecule has 2 aromatic carbocycles. The molecule has 6 heteroatoms. The summed E-state index contributed by atoms with van der Waals surface area (Å²) in [4.78, 5) is 24.3. The van der Waals surface area contributed by atoms with Gasteiger partial charge in [-0.15, -0.1) is 0 Å². The quantitative estimate of drug-likeness (QED) is 0.470. The van der Waals surface area contributed by atoms with Gasteiger partial charge in [-0.1, -0.05) is 43.3 Å². The summed E-state index contributed by atoms with van der Waals surface area (Å²) in [6.45, 7) is 2.67. The molecule has 0 heterocycles. The van der Waals surface area contributed by atoms with Crippen molar-refractivity contribution in [3.8, 4) is 11.1 Å². The molecule has 0 aliphatic rings. The number of nitrogens with two attached hydrogens (primary N) is 1. The molecule has 27 heavy (non-hydrogen) atoms. The van der Waals surface area contributed by atoms with Crippen LogP contribution in [0, 0.1) is 0 Å². The number of nitrogens with one attached hydrogen (secondary N) is 2. The van der Waals surface area contributed by atoms with Gasteiger partial charge >= 0.3 is 0 Å². The zero-order valence-corrected chi connectivity index (χ0v) is 15.6. The van der Waals surface area contributed by atoms with E-state index in [-0.39, 0.29) is 12.5 Å². The summed E-state index contributed by atoms with van der Waals surface area (Å²) in [6, 6.07) is 14.7. The summed E-state index contributed by atoms with van der Waals surface area (Å²) >= 11 is 0. The molecule has 2 aromatic rings. The number of carbonyl (C=O) groups is 2. The first-order chi connectivity index (χ1) is 13.1. The number of ketones is 1. The fraction of sp³-hybridized carbons (Fsp3) is 0.333. The number of benzene rings is 2. The van der Waals surface area contributed by atoms with Gasteiger partial charge in [0.2, 0.25) is 0 Å². The van der Waals surface area contributed by atoms with Crippen LogP contribution in [-0.2, 0) is 11.2 Å². The molecule has 5 N–H and O–H groups in total. The van der Waals surface area contributed by atoms with Crippen molar-refractivity contribution >= 4 is 11.7 Å². The van der Waals surface area contributed by atoms with Gasteiger partial charge in [-0.2, -0.15) is 0 Å². The van der Waals surface area contributed by atoms with Crippen molar-refractivity contribution in [2.45, 2.75) is 19.4 Å². The normalized spacial score (nSPS) is 11.8. The van der Waals surface area contributed by atoms with Gasteiger partial charge in [-0.25, -0.2) is 0 Å². The molecule has 2 rings (SSSR count). The Labute approximate surface area is 159 Å². The molecule has 1 amide bonds. The van der Waals surface area contributed by atoms with Crippen molar-refractivity contribution in [1.29, 1.82) is 0 Å².